The van der Waals surface area contributed by atoms with Crippen LogP contribution in [0.1, 0.15) is 38.8 Å². The first-order chi connectivity index (χ1) is 10.1. The van der Waals surface area contributed by atoms with Crippen LogP contribution in [0.4, 0.5) is 4.79 Å². The van der Waals surface area contributed by atoms with E-state index in [-0.39, 0.29) is 6.42 Å². The van der Waals surface area contributed by atoms with Gasteiger partial charge in [0.25, 0.3) is 0 Å². The molecule has 0 spiro atoms. The number of halogens is 1. The SMILES string of the molecule is COc1ccc(Cl)cc1C(CC(=O)O)NC(=O)OC(C)(C)C. The normalized spacial score (nSPS) is 12.4. The van der Waals surface area contributed by atoms with Crippen molar-refractivity contribution in [2.24, 2.45) is 0 Å². The van der Waals surface area contributed by atoms with Gasteiger partial charge in [-0.3, -0.25) is 4.79 Å². The lowest BCUT2D eigenvalue weighted by Crippen LogP contribution is -2.36. The van der Waals surface area contributed by atoms with Crippen molar-refractivity contribution in [3.63, 3.8) is 0 Å². The highest BCUT2D eigenvalue weighted by molar-refractivity contribution is 6.30. The van der Waals surface area contributed by atoms with Gasteiger partial charge >= 0.3 is 12.1 Å². The van der Waals surface area contributed by atoms with E-state index in [1.807, 2.05) is 0 Å². The van der Waals surface area contributed by atoms with Crippen LogP contribution in [-0.4, -0.2) is 29.9 Å². The molecule has 7 heteroatoms. The molecular weight excluding hydrogens is 310 g/mol. The summed E-state index contributed by atoms with van der Waals surface area (Å²) in [6, 6.07) is 3.98. The third-order valence-electron chi connectivity index (χ3n) is 2.64. The molecule has 1 rings (SSSR count). The largest absolute Gasteiger partial charge is 0.496 e. The minimum absolute atomic E-state index is 0.323. The minimum atomic E-state index is -1.07. The van der Waals surface area contributed by atoms with Gasteiger partial charge in [-0.05, 0) is 39.0 Å². The molecule has 0 aliphatic heterocycles. The van der Waals surface area contributed by atoms with Crippen LogP contribution in [0.3, 0.4) is 0 Å². The second kappa shape index (κ2) is 7.35. The first kappa shape index (κ1) is 18.1. The zero-order valence-electron chi connectivity index (χ0n) is 13.0. The number of ether oxygens (including phenoxy) is 2. The Morgan fingerprint density at radius 2 is 2.00 bits per heavy atom. The summed E-state index contributed by atoms with van der Waals surface area (Å²) < 4.78 is 10.4. The van der Waals surface area contributed by atoms with Gasteiger partial charge < -0.3 is 19.9 Å². The lowest BCUT2D eigenvalue weighted by molar-refractivity contribution is -0.137. The molecule has 0 fully saturated rings. The molecule has 2 N–H and O–H groups in total. The maximum Gasteiger partial charge on any atom is 0.408 e. The van der Waals surface area contributed by atoms with Gasteiger partial charge in [-0.1, -0.05) is 11.6 Å². The van der Waals surface area contributed by atoms with Gasteiger partial charge in [0.05, 0.1) is 19.6 Å². The summed E-state index contributed by atoms with van der Waals surface area (Å²) in [4.78, 5) is 23.0. The molecule has 1 aromatic carbocycles. The average molecular weight is 330 g/mol. The number of alkyl carbamates (subject to hydrolysis) is 1. The van der Waals surface area contributed by atoms with Crippen LogP contribution < -0.4 is 10.1 Å². The number of methoxy groups -OCH3 is 1. The van der Waals surface area contributed by atoms with Crippen molar-refractivity contribution in [1.29, 1.82) is 0 Å². The molecule has 0 heterocycles. The predicted molar refractivity (Wildman–Crippen MR) is 82.4 cm³/mol. The van der Waals surface area contributed by atoms with Gasteiger partial charge in [-0.2, -0.15) is 0 Å². The number of hydrogen-bond acceptors (Lipinski definition) is 4. The molecule has 0 radical (unpaired) electrons. The van der Waals surface area contributed by atoms with Crippen LogP contribution in [0, 0.1) is 0 Å². The molecule has 1 aromatic rings. The fourth-order valence-electron chi connectivity index (χ4n) is 1.84. The van der Waals surface area contributed by atoms with Crippen molar-refractivity contribution >= 4 is 23.7 Å². The van der Waals surface area contributed by atoms with E-state index in [0.29, 0.717) is 16.3 Å². The maximum atomic E-state index is 11.9. The predicted octanol–water partition coefficient (Wildman–Crippen LogP) is 3.39. The van der Waals surface area contributed by atoms with Crippen LogP contribution in [-0.2, 0) is 9.53 Å². The van der Waals surface area contributed by atoms with Crippen LogP contribution in [0.15, 0.2) is 18.2 Å². The first-order valence-electron chi connectivity index (χ1n) is 6.67. The number of benzene rings is 1. The molecule has 1 amide bonds. The van der Waals surface area contributed by atoms with Crippen molar-refractivity contribution in [2.45, 2.75) is 38.8 Å². The fraction of sp³-hybridized carbons (Fsp3) is 0.467. The Morgan fingerprint density at radius 1 is 1.36 bits per heavy atom. The van der Waals surface area contributed by atoms with E-state index in [1.165, 1.54) is 7.11 Å². The Balaban J connectivity index is 3.05. The number of hydrogen-bond donors (Lipinski definition) is 2. The van der Waals surface area contributed by atoms with Crippen molar-refractivity contribution in [1.82, 2.24) is 5.32 Å². The highest BCUT2D eigenvalue weighted by Gasteiger charge is 2.25. The summed E-state index contributed by atoms with van der Waals surface area (Å²) in [5, 5.41) is 12.0. The Hall–Kier alpha value is -1.95. The summed E-state index contributed by atoms with van der Waals surface area (Å²) in [5.41, 5.74) is -0.209. The van der Waals surface area contributed by atoms with Gasteiger partial charge in [0.15, 0.2) is 0 Å². The van der Waals surface area contributed by atoms with Crippen LogP contribution in [0.5, 0.6) is 5.75 Å². The summed E-state index contributed by atoms with van der Waals surface area (Å²) in [6.07, 6.45) is -1.03. The summed E-state index contributed by atoms with van der Waals surface area (Å²) in [7, 11) is 1.46. The Labute approximate surface area is 134 Å². The zero-order valence-corrected chi connectivity index (χ0v) is 13.7. The monoisotopic (exact) mass is 329 g/mol. The quantitative estimate of drug-likeness (QED) is 0.865. The van der Waals surface area contributed by atoms with Crippen molar-refractivity contribution < 1.29 is 24.2 Å². The zero-order chi connectivity index (χ0) is 16.9. The highest BCUT2D eigenvalue weighted by Crippen LogP contribution is 2.30. The molecule has 0 bridgehead atoms. The van der Waals surface area contributed by atoms with Gasteiger partial charge in [0.2, 0.25) is 0 Å². The van der Waals surface area contributed by atoms with Gasteiger partial charge in [0, 0.05) is 10.6 Å². The molecule has 1 atom stereocenters. The summed E-state index contributed by atoms with van der Waals surface area (Å²) in [5.74, 6) is -0.630. The van der Waals surface area contributed by atoms with Crippen molar-refractivity contribution in [3.05, 3.63) is 28.8 Å². The Bertz CT molecular complexity index is 553. The second-order valence-corrected chi connectivity index (χ2v) is 6.12. The van der Waals surface area contributed by atoms with E-state index in [4.69, 9.17) is 26.2 Å². The molecule has 6 nitrogen and oxygen atoms in total. The molecule has 122 valence electrons. The molecule has 0 saturated carbocycles. The number of aliphatic carboxylic acids is 1. The summed E-state index contributed by atoms with van der Waals surface area (Å²) in [6.45, 7) is 5.16. The van der Waals surface area contributed by atoms with E-state index in [1.54, 1.807) is 39.0 Å². The number of carbonyl (C=O) groups is 2. The van der Waals surface area contributed by atoms with E-state index in [0.717, 1.165) is 0 Å². The average Bonchev–Trinajstić information content (AvgIpc) is 2.35. The number of nitrogens with one attached hydrogen (secondary N) is 1. The third kappa shape index (κ3) is 5.81. The lowest BCUT2D eigenvalue weighted by atomic mass is 10.0. The smallest absolute Gasteiger partial charge is 0.408 e. The van der Waals surface area contributed by atoms with Gasteiger partial charge in [-0.15, -0.1) is 0 Å². The second-order valence-electron chi connectivity index (χ2n) is 5.68. The number of carboxylic acids is 1. The minimum Gasteiger partial charge on any atom is -0.496 e. The van der Waals surface area contributed by atoms with Gasteiger partial charge in [-0.25, -0.2) is 4.79 Å². The van der Waals surface area contributed by atoms with E-state index in [2.05, 4.69) is 5.32 Å². The Morgan fingerprint density at radius 3 is 2.50 bits per heavy atom. The molecule has 1 unspecified atom stereocenters. The number of amides is 1. The first-order valence-corrected chi connectivity index (χ1v) is 7.05. The number of carboxylic acid groups (broad SMARTS) is 1. The highest BCUT2D eigenvalue weighted by atomic mass is 35.5. The lowest BCUT2D eigenvalue weighted by Gasteiger charge is -2.24. The number of carbonyl (C=O) groups excluding carboxylic acids is 1. The van der Waals surface area contributed by atoms with Crippen LogP contribution >= 0.6 is 11.6 Å². The van der Waals surface area contributed by atoms with E-state index in [9.17, 15) is 9.59 Å². The molecule has 0 saturated heterocycles. The standard InChI is InChI=1S/C15H20ClNO5/c1-15(2,3)22-14(20)17-11(8-13(18)19)10-7-9(16)5-6-12(10)21-4/h5-7,11H,8H2,1-4H3,(H,17,20)(H,18,19). The molecule has 0 aliphatic carbocycles. The molecule has 22 heavy (non-hydrogen) atoms. The van der Waals surface area contributed by atoms with Crippen LogP contribution in [0.25, 0.3) is 0 Å². The van der Waals surface area contributed by atoms with E-state index >= 15 is 0 Å². The molecule has 0 aromatic heterocycles. The van der Waals surface area contributed by atoms with Crippen molar-refractivity contribution in [3.8, 4) is 5.75 Å². The Kier molecular flexibility index (Phi) is 6.05. The van der Waals surface area contributed by atoms with Gasteiger partial charge in [0.1, 0.15) is 11.4 Å². The topological polar surface area (TPSA) is 84.9 Å². The van der Waals surface area contributed by atoms with Crippen LogP contribution in [0.2, 0.25) is 5.02 Å². The fourth-order valence-corrected chi connectivity index (χ4v) is 2.02. The number of rotatable bonds is 5. The van der Waals surface area contributed by atoms with E-state index < -0.39 is 23.7 Å². The third-order valence-corrected chi connectivity index (χ3v) is 2.87. The summed E-state index contributed by atoms with van der Waals surface area (Å²) >= 11 is 5.95. The molecular formula is C15H20ClNO5. The maximum absolute atomic E-state index is 11.9. The van der Waals surface area contributed by atoms with Crippen molar-refractivity contribution in [2.75, 3.05) is 7.11 Å². The molecule has 0 aliphatic rings.